The summed E-state index contributed by atoms with van der Waals surface area (Å²) < 4.78 is 7.01. The molecule has 0 aliphatic carbocycles. The average molecular weight is 300 g/mol. The van der Waals surface area contributed by atoms with Gasteiger partial charge in [0.1, 0.15) is 6.73 Å². The summed E-state index contributed by atoms with van der Waals surface area (Å²) in [4.78, 5) is 3.83. The van der Waals surface area contributed by atoms with Gasteiger partial charge in [-0.2, -0.15) is 0 Å². The fraction of sp³-hybridized carbons (Fsp3) is 0.727. The molecule has 0 bridgehead atoms. The second-order valence-corrected chi connectivity index (χ2v) is 4.90. The molecule has 3 nitrogen and oxygen atoms in total. The van der Waals surface area contributed by atoms with Gasteiger partial charge in [-0.25, -0.2) is 4.98 Å². The zero-order valence-corrected chi connectivity index (χ0v) is 12.2. The summed E-state index contributed by atoms with van der Waals surface area (Å²) in [5.41, 5.74) is 0. The van der Waals surface area contributed by atoms with Gasteiger partial charge in [0.05, 0.1) is 0 Å². The maximum atomic E-state index is 5.90. The van der Waals surface area contributed by atoms with Crippen LogP contribution in [0, 0.1) is 0 Å². The maximum Gasteiger partial charge on any atom is 0.207 e. The van der Waals surface area contributed by atoms with Crippen LogP contribution in [-0.2, 0) is 11.5 Å². The number of nitrogens with zero attached hydrogens (tertiary/aromatic N) is 2. The highest BCUT2D eigenvalue weighted by atomic mass is 35.5. The van der Waals surface area contributed by atoms with E-state index < -0.39 is 0 Å². The van der Waals surface area contributed by atoms with E-state index in [0.717, 1.165) is 6.42 Å². The van der Waals surface area contributed by atoms with Crippen molar-refractivity contribution in [1.29, 1.82) is 0 Å². The van der Waals surface area contributed by atoms with E-state index in [1.807, 2.05) is 0 Å². The van der Waals surface area contributed by atoms with E-state index >= 15 is 0 Å². The molecule has 0 fully saturated rings. The summed E-state index contributed by atoms with van der Waals surface area (Å²) in [6, 6.07) is 0. The summed E-state index contributed by atoms with van der Waals surface area (Å²) in [5.74, 6) is 0. The molecule has 0 N–H and O–H groups in total. The van der Waals surface area contributed by atoms with Gasteiger partial charge in [-0.15, -0.1) is 0 Å². The first-order valence-electron chi connectivity index (χ1n) is 5.81. The van der Waals surface area contributed by atoms with Gasteiger partial charge in [0.2, 0.25) is 5.28 Å². The quantitative estimate of drug-likeness (QED) is 0.645. The molecule has 0 unspecified atom stereocenters. The van der Waals surface area contributed by atoms with Crippen molar-refractivity contribution in [2.75, 3.05) is 6.61 Å². The van der Waals surface area contributed by atoms with Crippen LogP contribution in [0.4, 0.5) is 0 Å². The molecule has 0 radical (unpaired) electrons. The number of unbranched alkanes of at least 4 members (excludes halogenated alkanes) is 4. The Morgan fingerprint density at radius 1 is 1.12 bits per heavy atom. The van der Waals surface area contributed by atoms with Crippen molar-refractivity contribution in [2.45, 2.75) is 45.8 Å². The van der Waals surface area contributed by atoms with Crippen LogP contribution in [0.1, 0.15) is 39.0 Å². The number of ether oxygens (including phenoxy) is 1. The Morgan fingerprint density at radius 3 is 2.41 bits per heavy atom. The zero-order chi connectivity index (χ0) is 12.7. The Bertz CT molecular complexity index is 342. The van der Waals surface area contributed by atoms with E-state index in [1.54, 1.807) is 0 Å². The molecule has 0 atom stereocenters. The van der Waals surface area contributed by atoms with Crippen LogP contribution in [0.25, 0.3) is 0 Å². The molecule has 0 aromatic carbocycles. The van der Waals surface area contributed by atoms with Crippen molar-refractivity contribution in [3.8, 4) is 0 Å². The minimum Gasteiger partial charge on any atom is -0.361 e. The Labute approximate surface area is 117 Å². The van der Waals surface area contributed by atoms with Crippen LogP contribution in [0.2, 0.25) is 15.6 Å². The lowest BCUT2D eigenvalue weighted by molar-refractivity contribution is 0.0741. The van der Waals surface area contributed by atoms with Crippen molar-refractivity contribution in [1.82, 2.24) is 9.55 Å². The number of imidazole rings is 1. The van der Waals surface area contributed by atoms with Crippen LogP contribution in [0.15, 0.2) is 0 Å². The van der Waals surface area contributed by atoms with Crippen molar-refractivity contribution >= 4 is 34.8 Å². The molecule has 1 rings (SSSR count). The maximum absolute atomic E-state index is 5.90. The monoisotopic (exact) mass is 298 g/mol. The van der Waals surface area contributed by atoms with E-state index in [4.69, 9.17) is 39.5 Å². The fourth-order valence-electron chi connectivity index (χ4n) is 1.45. The van der Waals surface area contributed by atoms with Gasteiger partial charge in [0, 0.05) is 6.61 Å². The third-order valence-electron chi connectivity index (χ3n) is 2.43. The van der Waals surface area contributed by atoms with Crippen molar-refractivity contribution < 1.29 is 4.74 Å². The number of halogens is 3. The fourth-order valence-corrected chi connectivity index (χ4v) is 2.11. The third-order valence-corrected chi connectivity index (χ3v) is 3.46. The van der Waals surface area contributed by atoms with Gasteiger partial charge in [-0.05, 0) is 18.0 Å². The lowest BCUT2D eigenvalue weighted by Crippen LogP contribution is -2.04. The second-order valence-electron chi connectivity index (χ2n) is 3.84. The minimum atomic E-state index is 0.211. The molecular formula is C11H17Cl3N2O. The summed E-state index contributed by atoms with van der Waals surface area (Å²) in [5, 5.41) is 0.789. The largest absolute Gasteiger partial charge is 0.361 e. The van der Waals surface area contributed by atoms with E-state index in [1.165, 1.54) is 30.3 Å². The number of hydrogen-bond donors (Lipinski definition) is 0. The third kappa shape index (κ3) is 5.04. The van der Waals surface area contributed by atoms with Crippen LogP contribution < -0.4 is 0 Å². The molecule has 1 aromatic rings. The highest BCUT2D eigenvalue weighted by Crippen LogP contribution is 2.25. The molecular weight excluding hydrogens is 282 g/mol. The van der Waals surface area contributed by atoms with Gasteiger partial charge in [0.15, 0.2) is 10.3 Å². The summed E-state index contributed by atoms with van der Waals surface area (Å²) in [7, 11) is 0. The average Bonchev–Trinajstić information content (AvgIpc) is 2.54. The van der Waals surface area contributed by atoms with Gasteiger partial charge < -0.3 is 4.74 Å². The molecule has 0 saturated heterocycles. The molecule has 1 aromatic heterocycles. The summed E-state index contributed by atoms with van der Waals surface area (Å²) >= 11 is 17.5. The molecule has 17 heavy (non-hydrogen) atoms. The number of aromatic nitrogens is 2. The molecule has 98 valence electrons. The summed E-state index contributed by atoms with van der Waals surface area (Å²) in [6.45, 7) is 3.20. The van der Waals surface area contributed by atoms with E-state index in [-0.39, 0.29) is 10.4 Å². The van der Waals surface area contributed by atoms with Crippen LogP contribution >= 0.6 is 34.8 Å². The Morgan fingerprint density at radius 2 is 1.82 bits per heavy atom. The SMILES string of the molecule is CCCCCCCOCn1c(Cl)nc(Cl)c1Cl. The van der Waals surface area contributed by atoms with Crippen molar-refractivity contribution in [3.63, 3.8) is 0 Å². The Kier molecular flexibility index (Phi) is 7.28. The lowest BCUT2D eigenvalue weighted by Gasteiger charge is -2.06. The first-order valence-corrected chi connectivity index (χ1v) is 6.95. The molecule has 0 spiro atoms. The highest BCUT2D eigenvalue weighted by Gasteiger charge is 2.11. The minimum absolute atomic E-state index is 0.211. The number of rotatable bonds is 8. The molecule has 0 saturated carbocycles. The van der Waals surface area contributed by atoms with Gasteiger partial charge in [-0.1, -0.05) is 55.8 Å². The van der Waals surface area contributed by atoms with E-state index in [2.05, 4.69) is 11.9 Å². The van der Waals surface area contributed by atoms with Gasteiger partial charge in [0.25, 0.3) is 0 Å². The second kappa shape index (κ2) is 8.20. The standard InChI is InChI=1S/C11H17Cl3N2O/c1-2-3-4-5-6-7-17-8-16-10(13)9(12)15-11(16)14/h2-8H2,1H3. The van der Waals surface area contributed by atoms with Crippen molar-refractivity contribution in [2.24, 2.45) is 0 Å². The number of hydrogen-bond acceptors (Lipinski definition) is 2. The molecule has 0 amide bonds. The molecule has 0 aliphatic rings. The van der Waals surface area contributed by atoms with E-state index in [0.29, 0.717) is 18.5 Å². The highest BCUT2D eigenvalue weighted by molar-refractivity contribution is 6.41. The predicted octanol–water partition coefficient (Wildman–Crippen LogP) is 4.79. The smallest absolute Gasteiger partial charge is 0.207 e. The molecule has 1 heterocycles. The lowest BCUT2D eigenvalue weighted by atomic mass is 10.2. The molecule has 0 aliphatic heterocycles. The zero-order valence-electron chi connectivity index (χ0n) is 9.89. The van der Waals surface area contributed by atoms with Crippen molar-refractivity contribution in [3.05, 3.63) is 15.6 Å². The van der Waals surface area contributed by atoms with Gasteiger partial charge >= 0.3 is 0 Å². The first-order chi connectivity index (χ1) is 8.16. The predicted molar refractivity (Wildman–Crippen MR) is 72.0 cm³/mol. The van der Waals surface area contributed by atoms with Crippen LogP contribution in [0.3, 0.4) is 0 Å². The van der Waals surface area contributed by atoms with Gasteiger partial charge in [-0.3, -0.25) is 4.57 Å². The van der Waals surface area contributed by atoms with E-state index in [9.17, 15) is 0 Å². The van der Waals surface area contributed by atoms with Crippen LogP contribution in [-0.4, -0.2) is 16.2 Å². The summed E-state index contributed by atoms with van der Waals surface area (Å²) in [6.07, 6.45) is 6.05. The first kappa shape index (κ1) is 15.1. The van der Waals surface area contributed by atoms with Crippen LogP contribution in [0.5, 0.6) is 0 Å². The molecule has 6 heteroatoms. The topological polar surface area (TPSA) is 27.1 Å². The Hall–Kier alpha value is 0.0400. The Balaban J connectivity index is 2.18. The normalized spacial score (nSPS) is 11.1.